The number of hydrogen-bond donors (Lipinski definition) is 1. The molecule has 1 saturated heterocycles. The normalized spacial score (nSPS) is 16.7. The third kappa shape index (κ3) is 10.3. The van der Waals surface area contributed by atoms with Crippen molar-refractivity contribution in [3.8, 4) is 0 Å². The van der Waals surface area contributed by atoms with Crippen molar-refractivity contribution in [3.05, 3.63) is 0 Å². The summed E-state index contributed by atoms with van der Waals surface area (Å²) in [4.78, 5) is 13.3. The molecule has 0 aromatic heterocycles. The molecule has 0 radical (unpaired) electrons. The molecule has 0 aromatic rings. The van der Waals surface area contributed by atoms with E-state index in [1.807, 2.05) is 46.4 Å². The van der Waals surface area contributed by atoms with Crippen LogP contribution in [0, 0.1) is 0 Å². The van der Waals surface area contributed by atoms with Crippen molar-refractivity contribution in [1.29, 1.82) is 0 Å². The minimum atomic E-state index is 0.234. The first kappa shape index (κ1) is 21.7. The van der Waals surface area contributed by atoms with Gasteiger partial charge in [0.15, 0.2) is 0 Å². The van der Waals surface area contributed by atoms with Crippen LogP contribution in [-0.2, 0) is 4.79 Å². The molecule has 0 aliphatic carbocycles. The largest absolute Gasteiger partial charge is 0.339 e. The average molecular weight is 246 g/mol. The van der Waals surface area contributed by atoms with Crippen molar-refractivity contribution in [3.63, 3.8) is 0 Å². The summed E-state index contributed by atoms with van der Waals surface area (Å²) in [6, 6.07) is 0.454. The fourth-order valence-corrected chi connectivity index (χ4v) is 1.56. The van der Waals surface area contributed by atoms with Crippen molar-refractivity contribution in [1.82, 2.24) is 10.2 Å². The van der Waals surface area contributed by atoms with Gasteiger partial charge in [-0.05, 0) is 26.8 Å². The Morgan fingerprint density at radius 2 is 1.65 bits per heavy atom. The summed E-state index contributed by atoms with van der Waals surface area (Å²) in [6.45, 7) is 15.5. The van der Waals surface area contributed by atoms with E-state index in [-0.39, 0.29) is 5.91 Å². The predicted molar refractivity (Wildman–Crippen MR) is 78.4 cm³/mol. The van der Waals surface area contributed by atoms with Crippen molar-refractivity contribution >= 4 is 5.91 Å². The molecule has 1 N–H and O–H groups in total. The van der Waals surface area contributed by atoms with Crippen LogP contribution in [0.25, 0.3) is 0 Å². The molecule has 1 aliphatic heterocycles. The van der Waals surface area contributed by atoms with E-state index < -0.39 is 0 Å². The maximum absolute atomic E-state index is 11.3. The van der Waals surface area contributed by atoms with Gasteiger partial charge in [0.2, 0.25) is 5.91 Å². The third-order valence-corrected chi connectivity index (χ3v) is 2.20. The number of nitrogens with zero attached hydrogens (tertiary/aromatic N) is 1. The number of likely N-dealkylation sites (N-methyl/N-ethyl adjacent to an activating group) is 1. The second-order valence-corrected chi connectivity index (χ2v) is 3.11. The zero-order valence-corrected chi connectivity index (χ0v) is 13.3. The average Bonchev–Trinajstić information content (AvgIpc) is 2.83. The Hall–Kier alpha value is -0.570. The van der Waals surface area contributed by atoms with Crippen LogP contribution in [0.4, 0.5) is 0 Å². The molecule has 1 atom stereocenters. The van der Waals surface area contributed by atoms with Crippen LogP contribution in [0.5, 0.6) is 0 Å². The smallest absolute Gasteiger partial charge is 0.236 e. The summed E-state index contributed by atoms with van der Waals surface area (Å²) < 4.78 is 0. The number of nitrogens with one attached hydrogen (secondary N) is 1. The van der Waals surface area contributed by atoms with Gasteiger partial charge in [0.05, 0.1) is 6.54 Å². The van der Waals surface area contributed by atoms with Gasteiger partial charge >= 0.3 is 0 Å². The molecule has 1 rings (SSSR count). The van der Waals surface area contributed by atoms with Gasteiger partial charge in [0.1, 0.15) is 0 Å². The Morgan fingerprint density at radius 1 is 1.18 bits per heavy atom. The van der Waals surface area contributed by atoms with E-state index in [9.17, 15) is 4.79 Å². The first-order chi connectivity index (χ1) is 8.25. The Balaban J connectivity index is -0.000000285. The maximum Gasteiger partial charge on any atom is 0.236 e. The number of hydrogen-bond acceptors (Lipinski definition) is 2. The third-order valence-electron chi connectivity index (χ3n) is 2.20. The summed E-state index contributed by atoms with van der Waals surface area (Å²) in [5, 5.41) is 2.87. The Labute approximate surface area is 109 Å². The van der Waals surface area contributed by atoms with E-state index in [4.69, 9.17) is 0 Å². The highest BCUT2D eigenvalue weighted by molar-refractivity contribution is 5.78. The molecule has 0 aromatic carbocycles. The fraction of sp³-hybridized carbons (Fsp3) is 0.929. The van der Waals surface area contributed by atoms with Gasteiger partial charge in [-0.1, -0.05) is 41.5 Å². The minimum absolute atomic E-state index is 0.234. The van der Waals surface area contributed by atoms with Crippen LogP contribution in [0.2, 0.25) is 0 Å². The van der Waals surface area contributed by atoms with Crippen LogP contribution >= 0.6 is 0 Å². The van der Waals surface area contributed by atoms with Gasteiger partial charge in [-0.2, -0.15) is 0 Å². The molecule has 1 unspecified atom stereocenters. The maximum atomic E-state index is 11.3. The molecule has 106 valence electrons. The summed E-state index contributed by atoms with van der Waals surface area (Å²) in [7, 11) is 1.80. The second kappa shape index (κ2) is 17.8. The Morgan fingerprint density at radius 3 is 1.94 bits per heavy atom. The summed E-state index contributed by atoms with van der Waals surface area (Å²) in [5.41, 5.74) is 0. The molecular formula is C14H34N2O. The summed E-state index contributed by atoms with van der Waals surface area (Å²) >= 11 is 0. The van der Waals surface area contributed by atoms with Crippen LogP contribution in [0.15, 0.2) is 0 Å². The van der Waals surface area contributed by atoms with E-state index in [0.717, 1.165) is 19.4 Å². The topological polar surface area (TPSA) is 32.3 Å². The first-order valence-electron chi connectivity index (χ1n) is 7.19. The summed E-state index contributed by atoms with van der Waals surface area (Å²) in [6.07, 6.45) is 2.33. The minimum Gasteiger partial charge on any atom is -0.339 e. The second-order valence-electron chi connectivity index (χ2n) is 3.11. The number of carbonyl (C=O) groups is 1. The zero-order chi connectivity index (χ0) is 14.3. The monoisotopic (exact) mass is 246 g/mol. The molecule has 3 heteroatoms. The highest BCUT2D eigenvalue weighted by Crippen LogP contribution is 2.15. The van der Waals surface area contributed by atoms with E-state index in [0.29, 0.717) is 12.6 Å². The number of amides is 1. The van der Waals surface area contributed by atoms with Crippen molar-refractivity contribution < 1.29 is 4.79 Å². The fourth-order valence-electron chi connectivity index (χ4n) is 1.56. The van der Waals surface area contributed by atoms with Crippen LogP contribution in [-0.4, -0.2) is 37.0 Å². The van der Waals surface area contributed by atoms with Crippen molar-refractivity contribution in [2.75, 3.05) is 20.1 Å². The molecule has 1 fully saturated rings. The Kier molecular flexibility index (Phi) is 22.7. The first-order valence-corrected chi connectivity index (χ1v) is 7.19. The van der Waals surface area contributed by atoms with Crippen LogP contribution < -0.4 is 5.32 Å². The molecule has 1 heterocycles. The standard InChI is InChI=1S/C8H16N2O.3C2H6/c1-7-4-3-5-10(7)8(11)6-9-2;3*1-2/h7,9H,3-6H2,1-2H3;3*1-2H3. The molecule has 1 aliphatic rings. The number of carbonyl (C=O) groups excluding carboxylic acids is 1. The van der Waals surface area contributed by atoms with Gasteiger partial charge in [0.25, 0.3) is 0 Å². The van der Waals surface area contributed by atoms with Crippen LogP contribution in [0.1, 0.15) is 61.3 Å². The SMILES string of the molecule is CC.CC.CC.CNCC(=O)N1CCCC1C. The molecule has 0 saturated carbocycles. The van der Waals surface area contributed by atoms with E-state index in [1.54, 1.807) is 7.05 Å². The lowest BCUT2D eigenvalue weighted by Crippen LogP contribution is -2.38. The number of rotatable bonds is 2. The highest BCUT2D eigenvalue weighted by atomic mass is 16.2. The molecule has 17 heavy (non-hydrogen) atoms. The van der Waals surface area contributed by atoms with Crippen molar-refractivity contribution in [2.45, 2.75) is 67.3 Å². The Bertz CT molecular complexity index is 149. The lowest BCUT2D eigenvalue weighted by molar-refractivity contribution is -0.130. The summed E-state index contributed by atoms with van der Waals surface area (Å²) in [5.74, 6) is 0.234. The van der Waals surface area contributed by atoms with Gasteiger partial charge in [-0.15, -0.1) is 0 Å². The zero-order valence-electron chi connectivity index (χ0n) is 13.3. The van der Waals surface area contributed by atoms with Gasteiger partial charge in [-0.3, -0.25) is 4.79 Å². The predicted octanol–water partition coefficient (Wildman–Crippen LogP) is 3.30. The quantitative estimate of drug-likeness (QED) is 0.811. The van der Waals surface area contributed by atoms with E-state index in [1.165, 1.54) is 0 Å². The molecule has 3 nitrogen and oxygen atoms in total. The molecule has 1 amide bonds. The van der Waals surface area contributed by atoms with Gasteiger partial charge in [-0.25, -0.2) is 0 Å². The lowest BCUT2D eigenvalue weighted by Gasteiger charge is -2.20. The lowest BCUT2D eigenvalue weighted by atomic mass is 10.2. The number of likely N-dealkylation sites (tertiary alicyclic amines) is 1. The molecule has 0 bridgehead atoms. The van der Waals surface area contributed by atoms with Crippen molar-refractivity contribution in [2.24, 2.45) is 0 Å². The molecular weight excluding hydrogens is 212 g/mol. The van der Waals surface area contributed by atoms with E-state index in [2.05, 4.69) is 12.2 Å². The highest BCUT2D eigenvalue weighted by Gasteiger charge is 2.23. The van der Waals surface area contributed by atoms with Gasteiger partial charge < -0.3 is 10.2 Å². The van der Waals surface area contributed by atoms with E-state index >= 15 is 0 Å². The van der Waals surface area contributed by atoms with Crippen LogP contribution in [0.3, 0.4) is 0 Å². The van der Waals surface area contributed by atoms with Gasteiger partial charge in [0, 0.05) is 12.6 Å². The molecule has 0 spiro atoms.